The zero-order valence-corrected chi connectivity index (χ0v) is 17.9. The van der Waals surface area contributed by atoms with Crippen molar-refractivity contribution >= 4 is 17.1 Å². The Hall–Kier alpha value is -2.95. The molecule has 1 aliphatic carbocycles. The van der Waals surface area contributed by atoms with Crippen LogP contribution in [-0.4, -0.2) is 56.0 Å². The molecule has 11 heteroatoms. The summed E-state index contributed by atoms with van der Waals surface area (Å²) >= 11 is 0. The lowest BCUT2D eigenvalue weighted by Crippen LogP contribution is -2.39. The van der Waals surface area contributed by atoms with E-state index in [1.54, 1.807) is 18.6 Å². The highest BCUT2D eigenvalue weighted by Gasteiger charge is 2.42. The van der Waals surface area contributed by atoms with Crippen LogP contribution in [0.15, 0.2) is 24.7 Å². The van der Waals surface area contributed by atoms with E-state index >= 15 is 0 Å². The van der Waals surface area contributed by atoms with Gasteiger partial charge in [0.2, 0.25) is 5.95 Å². The molecule has 1 atom stereocenters. The van der Waals surface area contributed by atoms with Crippen molar-refractivity contribution in [2.75, 3.05) is 24.6 Å². The minimum atomic E-state index is -3.90. The van der Waals surface area contributed by atoms with Crippen molar-refractivity contribution in [1.29, 1.82) is 0 Å². The number of nitrogens with zero attached hydrogens (tertiary/aromatic N) is 7. The Morgan fingerprint density at radius 1 is 1.03 bits per heavy atom. The van der Waals surface area contributed by atoms with Gasteiger partial charge in [0.05, 0.1) is 42.9 Å². The van der Waals surface area contributed by atoms with Crippen LogP contribution < -0.4 is 4.90 Å². The zero-order chi connectivity index (χ0) is 22.7. The summed E-state index contributed by atoms with van der Waals surface area (Å²) in [5.41, 5.74) is 4.04. The predicted molar refractivity (Wildman–Crippen MR) is 111 cm³/mol. The molecule has 8 nitrogen and oxygen atoms in total. The number of anilines is 1. The van der Waals surface area contributed by atoms with Crippen LogP contribution in [0.3, 0.4) is 0 Å². The molecule has 32 heavy (non-hydrogen) atoms. The van der Waals surface area contributed by atoms with Gasteiger partial charge in [0, 0.05) is 18.3 Å². The number of morpholine rings is 1. The minimum absolute atomic E-state index is 0.0733. The third-order valence-electron chi connectivity index (χ3n) is 5.50. The highest BCUT2D eigenvalue weighted by molar-refractivity contribution is 5.69. The van der Waals surface area contributed by atoms with Crippen LogP contribution in [0.5, 0.6) is 0 Å². The summed E-state index contributed by atoms with van der Waals surface area (Å²) in [6.45, 7) is 5.82. The van der Waals surface area contributed by atoms with Gasteiger partial charge >= 0.3 is 6.18 Å². The highest BCUT2D eigenvalue weighted by Crippen LogP contribution is 2.40. The highest BCUT2D eigenvalue weighted by atomic mass is 19.4. The average Bonchev–Trinajstić information content (AvgIpc) is 2.71. The molecule has 2 aliphatic rings. The second-order valence-corrected chi connectivity index (χ2v) is 8.00. The first-order valence-corrected chi connectivity index (χ1v) is 10.5. The van der Waals surface area contributed by atoms with E-state index < -0.39 is 12.1 Å². The average molecular weight is 447 g/mol. The van der Waals surface area contributed by atoms with Crippen molar-refractivity contribution in [3.05, 3.63) is 41.6 Å². The Morgan fingerprint density at radius 3 is 2.50 bits per heavy atom. The van der Waals surface area contributed by atoms with Gasteiger partial charge in [0.15, 0.2) is 5.65 Å². The fourth-order valence-electron chi connectivity index (χ4n) is 3.48. The van der Waals surface area contributed by atoms with Crippen molar-refractivity contribution in [2.45, 2.75) is 45.4 Å². The van der Waals surface area contributed by atoms with Gasteiger partial charge in [0.25, 0.3) is 0 Å². The van der Waals surface area contributed by atoms with Gasteiger partial charge < -0.3 is 9.64 Å². The number of rotatable bonds is 2. The number of hydrogen-bond donors (Lipinski definition) is 0. The number of aryl methyl sites for hydroxylation is 2. The van der Waals surface area contributed by atoms with Crippen molar-refractivity contribution in [3.63, 3.8) is 0 Å². The summed E-state index contributed by atoms with van der Waals surface area (Å²) in [6.07, 6.45) is 2.66. The molecule has 3 aromatic rings. The fourth-order valence-corrected chi connectivity index (χ4v) is 3.48. The number of halogens is 3. The van der Waals surface area contributed by atoms with Gasteiger partial charge in [0.1, 0.15) is 11.6 Å². The summed E-state index contributed by atoms with van der Waals surface area (Å²) in [4.78, 5) is 19.8. The van der Waals surface area contributed by atoms with E-state index in [0.29, 0.717) is 43.1 Å². The Labute approximate surface area is 183 Å². The Bertz CT molecular complexity index is 1070. The number of fused-ring (bicyclic) bond motifs is 1. The van der Waals surface area contributed by atoms with Gasteiger partial charge in [-0.05, 0) is 32.8 Å². The lowest BCUT2D eigenvalue weighted by atomic mass is 9.85. The summed E-state index contributed by atoms with van der Waals surface area (Å²) in [7, 11) is 0. The van der Waals surface area contributed by atoms with Crippen LogP contribution in [0.1, 0.15) is 42.3 Å². The van der Waals surface area contributed by atoms with E-state index in [0.717, 1.165) is 29.9 Å². The standard InChI is InChI=1S/C16H17N7O.C5H7F3/c1-10-5-12(7-19-22-10)14-9-23(3-4-24-14)16-18-8-13-15(21-16)20-11(2)6-17-13;6-5(7,8)4-2-1-3-4/h5-8,14H,3-4,9H2,1-2H3;4H,1-3H2/t14-;/m1./s1. The van der Waals surface area contributed by atoms with Crippen LogP contribution in [0, 0.1) is 19.8 Å². The van der Waals surface area contributed by atoms with E-state index in [-0.39, 0.29) is 6.10 Å². The molecule has 2 fully saturated rings. The molecule has 1 aliphatic heterocycles. The minimum Gasteiger partial charge on any atom is -0.370 e. The molecule has 5 rings (SSSR count). The van der Waals surface area contributed by atoms with Crippen molar-refractivity contribution in [2.24, 2.45) is 5.92 Å². The van der Waals surface area contributed by atoms with Crippen molar-refractivity contribution in [3.8, 4) is 0 Å². The smallest absolute Gasteiger partial charge is 0.370 e. The molecule has 0 N–H and O–H groups in total. The number of alkyl halides is 3. The molecule has 0 aromatic carbocycles. The molecule has 0 unspecified atom stereocenters. The Balaban J connectivity index is 0.000000260. The molecule has 0 spiro atoms. The quantitative estimate of drug-likeness (QED) is 0.587. The Morgan fingerprint density at radius 2 is 1.84 bits per heavy atom. The maximum atomic E-state index is 11.5. The molecule has 170 valence electrons. The first kappa shape index (κ1) is 22.3. The largest absolute Gasteiger partial charge is 0.391 e. The molecule has 4 heterocycles. The van der Waals surface area contributed by atoms with Crippen molar-refractivity contribution in [1.82, 2.24) is 30.1 Å². The van der Waals surface area contributed by atoms with Gasteiger partial charge in [-0.15, -0.1) is 0 Å². The van der Waals surface area contributed by atoms with E-state index in [9.17, 15) is 13.2 Å². The Kier molecular flexibility index (Phi) is 6.45. The van der Waals surface area contributed by atoms with Crippen LogP contribution in [0.2, 0.25) is 0 Å². The van der Waals surface area contributed by atoms with E-state index in [1.165, 1.54) is 0 Å². The molecular formula is C21H24F3N7O. The number of aromatic nitrogens is 6. The van der Waals surface area contributed by atoms with Crippen LogP contribution in [-0.2, 0) is 4.74 Å². The molecule has 0 radical (unpaired) electrons. The second-order valence-electron chi connectivity index (χ2n) is 8.00. The molecular weight excluding hydrogens is 423 g/mol. The summed E-state index contributed by atoms with van der Waals surface area (Å²) < 4.78 is 40.4. The summed E-state index contributed by atoms with van der Waals surface area (Å²) in [6, 6.07) is 2.00. The van der Waals surface area contributed by atoms with Gasteiger partial charge in [-0.3, -0.25) is 0 Å². The van der Waals surface area contributed by atoms with Crippen LogP contribution >= 0.6 is 0 Å². The SMILES string of the molecule is Cc1cc([C@H]2CN(c3ncc4ncc(C)nc4n3)CCO2)cnn1.FC(F)(F)C1CCC1. The lowest BCUT2D eigenvalue weighted by Gasteiger charge is -2.33. The monoisotopic (exact) mass is 447 g/mol. The molecule has 1 saturated heterocycles. The normalized spacial score (nSPS) is 19.3. The first-order valence-electron chi connectivity index (χ1n) is 10.5. The molecule has 0 amide bonds. The van der Waals surface area contributed by atoms with E-state index in [4.69, 9.17) is 4.74 Å². The predicted octanol–water partition coefficient (Wildman–Crippen LogP) is 3.75. The molecule has 0 bridgehead atoms. The van der Waals surface area contributed by atoms with Gasteiger partial charge in [-0.2, -0.15) is 28.4 Å². The topological polar surface area (TPSA) is 89.8 Å². The van der Waals surface area contributed by atoms with Gasteiger partial charge in [-0.1, -0.05) is 6.42 Å². The number of ether oxygens (including phenoxy) is 1. The maximum absolute atomic E-state index is 11.5. The van der Waals surface area contributed by atoms with Crippen molar-refractivity contribution < 1.29 is 17.9 Å². The third kappa shape index (κ3) is 5.26. The fraction of sp³-hybridized carbons (Fsp3) is 0.524. The third-order valence-corrected chi connectivity index (χ3v) is 5.50. The maximum Gasteiger partial charge on any atom is 0.391 e. The van der Waals surface area contributed by atoms with Crippen LogP contribution in [0.4, 0.5) is 19.1 Å². The van der Waals surface area contributed by atoms with Crippen LogP contribution in [0.25, 0.3) is 11.2 Å². The summed E-state index contributed by atoms with van der Waals surface area (Å²) in [5, 5.41) is 8.00. The number of hydrogen-bond acceptors (Lipinski definition) is 8. The summed E-state index contributed by atoms with van der Waals surface area (Å²) in [5.74, 6) is -0.322. The molecule has 1 saturated carbocycles. The second kappa shape index (κ2) is 9.27. The lowest BCUT2D eigenvalue weighted by molar-refractivity contribution is -0.193. The zero-order valence-electron chi connectivity index (χ0n) is 17.9. The molecule has 3 aromatic heterocycles. The first-order chi connectivity index (χ1) is 15.3. The van der Waals surface area contributed by atoms with E-state index in [1.807, 2.05) is 19.9 Å². The van der Waals surface area contributed by atoms with E-state index in [2.05, 4.69) is 35.0 Å². The van der Waals surface area contributed by atoms with Gasteiger partial charge in [-0.25, -0.2) is 15.0 Å².